The Kier molecular flexibility index (Phi) is 22.9. The molecular formula is C27H59NO4PS+. The highest BCUT2D eigenvalue weighted by atomic mass is 32.2. The second kappa shape index (κ2) is 22.6. The molecule has 0 radical (unpaired) electrons. The van der Waals surface area contributed by atoms with Gasteiger partial charge in [-0.15, -0.1) is 0 Å². The van der Waals surface area contributed by atoms with Crippen LogP contribution in [0.4, 0.5) is 0 Å². The van der Waals surface area contributed by atoms with Crippen molar-refractivity contribution >= 4 is 19.6 Å². The molecule has 0 aromatic heterocycles. The number of phosphoric acid groups is 1. The van der Waals surface area contributed by atoms with Crippen molar-refractivity contribution < 1.29 is 23.0 Å². The smallest absolute Gasteiger partial charge is 0.329 e. The molecule has 0 bridgehead atoms. The lowest BCUT2D eigenvalue weighted by Crippen LogP contribution is -2.37. The molecule has 2 atom stereocenters. The fourth-order valence-electron chi connectivity index (χ4n) is 3.77. The van der Waals surface area contributed by atoms with Crippen LogP contribution in [-0.2, 0) is 13.6 Å². The van der Waals surface area contributed by atoms with Crippen LogP contribution in [0.15, 0.2) is 0 Å². The summed E-state index contributed by atoms with van der Waals surface area (Å²) < 4.78 is 22.9. The Labute approximate surface area is 217 Å². The second-order valence-electron chi connectivity index (χ2n) is 11.1. The SMILES string of the molecule is CCCCCCCCCCCCCCCCCCSCC(C)COP(=O)(O)OCC[N+](C)(C)C. The number of hydrogen-bond acceptors (Lipinski definition) is 4. The Balaban J connectivity index is 3.37. The molecule has 0 rings (SSSR count). The summed E-state index contributed by atoms with van der Waals surface area (Å²) in [7, 11) is 2.13. The minimum atomic E-state index is -3.93. The number of rotatable bonds is 26. The molecule has 0 amide bonds. The van der Waals surface area contributed by atoms with E-state index in [-0.39, 0.29) is 19.1 Å². The molecule has 0 fully saturated rings. The zero-order valence-corrected chi connectivity index (χ0v) is 25.1. The van der Waals surface area contributed by atoms with Crippen molar-refractivity contribution in [3.05, 3.63) is 0 Å². The third kappa shape index (κ3) is 27.0. The molecule has 0 spiro atoms. The third-order valence-corrected chi connectivity index (χ3v) is 8.45. The Hall–Kier alpha value is 0.420. The minimum absolute atomic E-state index is 0.222. The molecule has 2 unspecified atom stereocenters. The molecule has 0 aliphatic carbocycles. The molecule has 0 saturated heterocycles. The lowest BCUT2D eigenvalue weighted by atomic mass is 10.0. The molecule has 206 valence electrons. The van der Waals surface area contributed by atoms with E-state index in [1.54, 1.807) is 0 Å². The average molecular weight is 525 g/mol. The van der Waals surface area contributed by atoms with E-state index < -0.39 is 7.82 Å². The summed E-state index contributed by atoms with van der Waals surface area (Å²) in [5.41, 5.74) is 0. The highest BCUT2D eigenvalue weighted by molar-refractivity contribution is 7.99. The van der Waals surface area contributed by atoms with Crippen LogP contribution in [0.1, 0.15) is 117 Å². The van der Waals surface area contributed by atoms with Gasteiger partial charge in [0.05, 0.1) is 27.7 Å². The predicted octanol–water partition coefficient (Wildman–Crippen LogP) is 8.46. The van der Waals surface area contributed by atoms with Crippen LogP contribution < -0.4 is 0 Å². The Morgan fingerprint density at radius 2 is 1.21 bits per heavy atom. The summed E-state index contributed by atoms with van der Waals surface area (Å²) in [5, 5.41) is 0. The molecule has 0 aromatic carbocycles. The number of unbranched alkanes of at least 4 members (excludes halogenated alkanes) is 15. The van der Waals surface area contributed by atoms with Gasteiger partial charge in [-0.2, -0.15) is 11.8 Å². The average Bonchev–Trinajstić information content (AvgIpc) is 2.76. The zero-order chi connectivity index (χ0) is 25.5. The van der Waals surface area contributed by atoms with Crippen LogP contribution in [0.2, 0.25) is 0 Å². The summed E-state index contributed by atoms with van der Waals surface area (Å²) in [4.78, 5) is 9.79. The standard InChI is InChI=1S/C27H58NO4PS/c1-6-7-8-9-10-11-12-13-14-15-16-17-18-19-20-21-24-34-26-27(2)25-32-33(29,30)31-23-22-28(3,4)5/h27H,6-26H2,1-5H3/p+1. The summed E-state index contributed by atoms with van der Waals surface area (Å²) in [6.45, 7) is 5.50. The number of thioether (sulfide) groups is 1. The van der Waals surface area contributed by atoms with Gasteiger partial charge < -0.3 is 9.38 Å². The molecule has 0 aromatic rings. The van der Waals surface area contributed by atoms with E-state index in [1.165, 1.54) is 108 Å². The number of quaternary nitrogens is 1. The van der Waals surface area contributed by atoms with Crippen molar-refractivity contribution in [2.45, 2.75) is 117 Å². The topological polar surface area (TPSA) is 55.8 Å². The first-order valence-electron chi connectivity index (χ1n) is 14.2. The van der Waals surface area contributed by atoms with Gasteiger partial charge in [-0.3, -0.25) is 9.05 Å². The molecular weight excluding hydrogens is 465 g/mol. The quantitative estimate of drug-likeness (QED) is 0.0699. The monoisotopic (exact) mass is 524 g/mol. The van der Waals surface area contributed by atoms with Crippen LogP contribution in [0.25, 0.3) is 0 Å². The first-order valence-corrected chi connectivity index (χ1v) is 16.8. The summed E-state index contributed by atoms with van der Waals surface area (Å²) in [5.74, 6) is 2.37. The van der Waals surface area contributed by atoms with Crippen LogP contribution in [0.3, 0.4) is 0 Å². The highest BCUT2D eigenvalue weighted by Crippen LogP contribution is 2.43. The van der Waals surface area contributed by atoms with Gasteiger partial charge in [-0.1, -0.05) is 110 Å². The fraction of sp³-hybridized carbons (Fsp3) is 1.00. The molecule has 0 saturated carbocycles. The van der Waals surface area contributed by atoms with E-state index in [0.717, 1.165) is 5.75 Å². The van der Waals surface area contributed by atoms with E-state index >= 15 is 0 Å². The molecule has 0 aliphatic heterocycles. The van der Waals surface area contributed by atoms with Gasteiger partial charge in [-0.05, 0) is 23.8 Å². The van der Waals surface area contributed by atoms with Crippen molar-refractivity contribution in [1.82, 2.24) is 0 Å². The predicted molar refractivity (Wildman–Crippen MR) is 151 cm³/mol. The van der Waals surface area contributed by atoms with E-state index in [4.69, 9.17) is 9.05 Å². The lowest BCUT2D eigenvalue weighted by molar-refractivity contribution is -0.870. The first-order chi connectivity index (χ1) is 16.2. The van der Waals surface area contributed by atoms with Crippen molar-refractivity contribution in [2.75, 3.05) is 52.4 Å². The van der Waals surface area contributed by atoms with Crippen molar-refractivity contribution in [3.8, 4) is 0 Å². The number of nitrogens with zero attached hydrogens (tertiary/aromatic N) is 1. The first kappa shape index (κ1) is 34.4. The molecule has 0 heterocycles. The third-order valence-electron chi connectivity index (χ3n) is 6.08. The van der Waals surface area contributed by atoms with Crippen LogP contribution in [0.5, 0.6) is 0 Å². The second-order valence-corrected chi connectivity index (χ2v) is 13.7. The molecule has 5 nitrogen and oxygen atoms in total. The summed E-state index contributed by atoms with van der Waals surface area (Å²) in [6.07, 6.45) is 22.4. The van der Waals surface area contributed by atoms with Gasteiger partial charge in [0.15, 0.2) is 0 Å². The van der Waals surface area contributed by atoms with E-state index in [2.05, 4.69) is 13.8 Å². The molecule has 7 heteroatoms. The van der Waals surface area contributed by atoms with E-state index in [0.29, 0.717) is 11.0 Å². The minimum Gasteiger partial charge on any atom is -0.329 e. The van der Waals surface area contributed by atoms with E-state index in [9.17, 15) is 9.46 Å². The van der Waals surface area contributed by atoms with Gasteiger partial charge in [0, 0.05) is 0 Å². The molecule has 34 heavy (non-hydrogen) atoms. The van der Waals surface area contributed by atoms with Crippen molar-refractivity contribution in [1.29, 1.82) is 0 Å². The number of hydrogen-bond donors (Lipinski definition) is 1. The maximum atomic E-state index is 11.9. The summed E-state index contributed by atoms with van der Waals surface area (Å²) in [6, 6.07) is 0. The highest BCUT2D eigenvalue weighted by Gasteiger charge is 2.23. The van der Waals surface area contributed by atoms with Gasteiger partial charge in [-0.25, -0.2) is 4.57 Å². The summed E-state index contributed by atoms with van der Waals surface area (Å²) >= 11 is 1.93. The van der Waals surface area contributed by atoms with Gasteiger partial charge in [0.2, 0.25) is 0 Å². The van der Waals surface area contributed by atoms with Crippen molar-refractivity contribution in [2.24, 2.45) is 5.92 Å². The van der Waals surface area contributed by atoms with Gasteiger partial charge in [0.25, 0.3) is 0 Å². The molecule has 1 N–H and O–H groups in total. The lowest BCUT2D eigenvalue weighted by Gasteiger charge is -2.24. The van der Waals surface area contributed by atoms with Gasteiger partial charge in [0.1, 0.15) is 13.2 Å². The fourth-order valence-corrected chi connectivity index (χ4v) is 5.68. The Morgan fingerprint density at radius 3 is 1.65 bits per heavy atom. The van der Waals surface area contributed by atoms with Crippen molar-refractivity contribution in [3.63, 3.8) is 0 Å². The largest absolute Gasteiger partial charge is 0.472 e. The van der Waals surface area contributed by atoms with Crippen LogP contribution in [0, 0.1) is 5.92 Å². The molecule has 0 aliphatic rings. The van der Waals surface area contributed by atoms with Crippen LogP contribution in [-0.4, -0.2) is 61.8 Å². The zero-order valence-electron chi connectivity index (χ0n) is 23.4. The van der Waals surface area contributed by atoms with Gasteiger partial charge >= 0.3 is 7.82 Å². The number of phosphoric ester groups is 1. The Morgan fingerprint density at radius 1 is 0.765 bits per heavy atom. The Bertz CT molecular complexity index is 488. The maximum absolute atomic E-state index is 11.9. The van der Waals surface area contributed by atoms with E-state index in [1.807, 2.05) is 32.9 Å². The normalized spacial score (nSPS) is 14.9. The number of likely N-dealkylation sites (N-methyl/N-ethyl adjacent to an activating group) is 1. The van der Waals surface area contributed by atoms with Crippen LogP contribution >= 0.6 is 19.6 Å². The maximum Gasteiger partial charge on any atom is 0.472 e.